The zero-order valence-electron chi connectivity index (χ0n) is 23.1. The first-order valence-electron chi connectivity index (χ1n) is 14.0. The van der Waals surface area contributed by atoms with Gasteiger partial charge in [-0.3, -0.25) is 9.78 Å². The summed E-state index contributed by atoms with van der Waals surface area (Å²) in [6.45, 7) is 1.50. The minimum atomic E-state index is -4.05. The number of carbonyl (C=O) groups is 2. The first-order valence-corrected chi connectivity index (χ1v) is 16.2. The first-order chi connectivity index (χ1) is 20.2. The maximum Gasteiger partial charge on any atom is 0.348 e. The Hall–Kier alpha value is -3.80. The molecular formula is C31H31N3O6S2. The second kappa shape index (κ2) is 11.5. The van der Waals surface area contributed by atoms with Crippen LogP contribution in [-0.2, 0) is 14.8 Å². The van der Waals surface area contributed by atoms with E-state index in [0.717, 1.165) is 59.4 Å². The van der Waals surface area contributed by atoms with Gasteiger partial charge in [-0.15, -0.1) is 11.3 Å². The van der Waals surface area contributed by atoms with Crippen LogP contribution in [0.25, 0.3) is 21.7 Å². The lowest BCUT2D eigenvalue weighted by Gasteiger charge is -2.44. The van der Waals surface area contributed by atoms with Crippen molar-refractivity contribution in [1.82, 2.24) is 9.29 Å². The Morgan fingerprint density at radius 2 is 1.83 bits per heavy atom. The summed E-state index contributed by atoms with van der Waals surface area (Å²) < 4.78 is 34.3. The van der Waals surface area contributed by atoms with Crippen LogP contribution in [0.3, 0.4) is 0 Å². The Kier molecular flexibility index (Phi) is 7.73. The van der Waals surface area contributed by atoms with Crippen molar-refractivity contribution < 1.29 is 27.5 Å². The molecule has 0 bridgehead atoms. The van der Waals surface area contributed by atoms with E-state index >= 15 is 0 Å². The van der Waals surface area contributed by atoms with E-state index in [1.54, 1.807) is 29.4 Å². The molecule has 6 rings (SSSR count). The molecule has 11 heteroatoms. The molecule has 0 spiro atoms. The maximum absolute atomic E-state index is 13.9. The number of nitrogens with zero attached hydrogens (tertiary/aromatic N) is 3. The van der Waals surface area contributed by atoms with Crippen molar-refractivity contribution >= 4 is 38.9 Å². The number of sulfonamides is 1. The molecule has 0 radical (unpaired) electrons. The van der Waals surface area contributed by atoms with Gasteiger partial charge in [0.25, 0.3) is 0 Å². The molecule has 1 aliphatic carbocycles. The molecule has 9 nitrogen and oxygen atoms in total. The minimum Gasteiger partial charge on any atom is -0.477 e. The quantitative estimate of drug-likeness (QED) is 0.272. The summed E-state index contributed by atoms with van der Waals surface area (Å²) in [7, 11) is -4.05. The van der Waals surface area contributed by atoms with E-state index in [1.807, 2.05) is 37.3 Å². The molecule has 42 heavy (non-hydrogen) atoms. The molecule has 1 aromatic carbocycles. The van der Waals surface area contributed by atoms with Crippen LogP contribution in [0, 0.1) is 12.8 Å². The van der Waals surface area contributed by atoms with Gasteiger partial charge < -0.3 is 14.4 Å². The number of anilines is 1. The average molecular weight is 606 g/mol. The molecule has 1 saturated carbocycles. The number of aromatic nitrogens is 1. The molecule has 1 atom stereocenters. The lowest BCUT2D eigenvalue weighted by molar-refractivity contribution is -0.121. The number of benzene rings is 1. The highest BCUT2D eigenvalue weighted by atomic mass is 32.2. The molecular weight excluding hydrogens is 574 g/mol. The van der Waals surface area contributed by atoms with Crippen molar-refractivity contribution in [1.29, 1.82) is 0 Å². The number of thiophene rings is 1. The fourth-order valence-electron chi connectivity index (χ4n) is 6.09. The normalized spacial score (nSPS) is 18.8. The van der Waals surface area contributed by atoms with Crippen LogP contribution in [0.1, 0.15) is 47.5 Å². The van der Waals surface area contributed by atoms with E-state index in [4.69, 9.17) is 4.42 Å². The summed E-state index contributed by atoms with van der Waals surface area (Å²) >= 11 is 1.13. The van der Waals surface area contributed by atoms with E-state index in [-0.39, 0.29) is 28.8 Å². The third-order valence-corrected chi connectivity index (χ3v) is 11.2. The number of carboxylic acid groups (broad SMARTS) is 1. The highest BCUT2D eigenvalue weighted by Crippen LogP contribution is 2.42. The summed E-state index contributed by atoms with van der Waals surface area (Å²) in [6.07, 6.45) is 7.63. The number of hydrogen-bond donors (Lipinski definition) is 1. The van der Waals surface area contributed by atoms with Gasteiger partial charge in [-0.05, 0) is 55.5 Å². The van der Waals surface area contributed by atoms with Gasteiger partial charge in [-0.25, -0.2) is 13.2 Å². The van der Waals surface area contributed by atoms with Crippen LogP contribution in [0.2, 0.25) is 0 Å². The number of hydrogen-bond acceptors (Lipinski definition) is 7. The van der Waals surface area contributed by atoms with Gasteiger partial charge in [0, 0.05) is 23.2 Å². The first kappa shape index (κ1) is 28.3. The van der Waals surface area contributed by atoms with Crippen LogP contribution in [-0.4, -0.2) is 53.8 Å². The monoisotopic (exact) mass is 605 g/mol. The van der Waals surface area contributed by atoms with E-state index < -0.39 is 27.9 Å². The average Bonchev–Trinajstić information content (AvgIpc) is 3.64. The van der Waals surface area contributed by atoms with Crippen LogP contribution < -0.4 is 4.90 Å². The SMILES string of the molecule is Cc1occc1-c1ccc(S(=O)(=O)N2CC(=O)N(c3cc(-c4ccccc4)sc3C(=O)O)[C@H](C3CCCCC3)C2)cn1. The zero-order valence-corrected chi connectivity index (χ0v) is 24.7. The van der Waals surface area contributed by atoms with Crippen molar-refractivity contribution in [2.45, 2.75) is 50.0 Å². The fourth-order valence-corrected chi connectivity index (χ4v) is 8.44. The predicted octanol–water partition coefficient (Wildman–Crippen LogP) is 6.06. The van der Waals surface area contributed by atoms with Gasteiger partial charge in [-0.1, -0.05) is 49.6 Å². The summed E-state index contributed by atoms with van der Waals surface area (Å²) in [5, 5.41) is 10.1. The number of amides is 1. The van der Waals surface area contributed by atoms with E-state index in [1.165, 1.54) is 16.6 Å². The van der Waals surface area contributed by atoms with E-state index in [2.05, 4.69) is 4.98 Å². The summed E-state index contributed by atoms with van der Waals surface area (Å²) in [6, 6.07) is 15.6. The summed E-state index contributed by atoms with van der Waals surface area (Å²) in [5.41, 5.74) is 2.57. The number of carboxylic acids is 1. The number of carbonyl (C=O) groups excluding carboxylic acids is 1. The Morgan fingerprint density at radius 3 is 2.48 bits per heavy atom. The number of piperazine rings is 1. The summed E-state index contributed by atoms with van der Waals surface area (Å²) in [4.78, 5) is 33.1. The van der Waals surface area contributed by atoms with Crippen LogP contribution in [0.4, 0.5) is 5.69 Å². The van der Waals surface area contributed by atoms with Gasteiger partial charge in [0.15, 0.2) is 0 Å². The maximum atomic E-state index is 13.9. The van der Waals surface area contributed by atoms with Gasteiger partial charge in [0.05, 0.1) is 30.2 Å². The molecule has 2 fully saturated rings. The van der Waals surface area contributed by atoms with Crippen molar-refractivity contribution in [3.63, 3.8) is 0 Å². The van der Waals surface area contributed by atoms with Crippen molar-refractivity contribution in [2.75, 3.05) is 18.0 Å². The standard InChI is InChI=1S/C31H31N3O6S2/c1-20-24(14-15-40-20)25-13-12-23(17-32-25)42(38,39)33-18-27(21-8-4-2-5-9-21)34(29(35)19-33)26-16-28(41-30(26)31(36)37)22-10-6-3-7-11-22/h3,6-7,10-17,21,27H,2,4-5,8-9,18-19H2,1H3,(H,36,37)/t27-/m0/s1. The van der Waals surface area contributed by atoms with E-state index in [0.29, 0.717) is 17.1 Å². The predicted molar refractivity (Wildman–Crippen MR) is 160 cm³/mol. The molecule has 1 saturated heterocycles. The Bertz CT molecular complexity index is 1710. The van der Waals surface area contributed by atoms with Gasteiger partial charge in [-0.2, -0.15) is 4.31 Å². The Labute approximate surface area is 248 Å². The van der Waals surface area contributed by atoms with Gasteiger partial charge in [0.2, 0.25) is 15.9 Å². The van der Waals surface area contributed by atoms with Crippen molar-refractivity contribution in [3.05, 3.63) is 77.7 Å². The molecule has 2 aliphatic rings. The largest absolute Gasteiger partial charge is 0.477 e. The molecule has 1 amide bonds. The number of rotatable bonds is 7. The molecule has 4 heterocycles. The third kappa shape index (κ3) is 5.28. The zero-order chi connectivity index (χ0) is 29.4. The molecule has 1 N–H and O–H groups in total. The fraction of sp³-hybridized carbons (Fsp3) is 0.323. The van der Waals surface area contributed by atoms with Crippen LogP contribution in [0.15, 0.2) is 76.4 Å². The van der Waals surface area contributed by atoms with Gasteiger partial charge >= 0.3 is 5.97 Å². The molecule has 218 valence electrons. The van der Waals surface area contributed by atoms with Crippen LogP contribution in [0.5, 0.6) is 0 Å². The highest BCUT2D eigenvalue weighted by molar-refractivity contribution is 7.89. The summed E-state index contributed by atoms with van der Waals surface area (Å²) in [5.74, 6) is -0.813. The molecule has 4 aromatic rings. The molecule has 3 aromatic heterocycles. The Morgan fingerprint density at radius 1 is 1.07 bits per heavy atom. The number of aryl methyl sites for hydroxylation is 1. The van der Waals surface area contributed by atoms with Crippen LogP contribution >= 0.6 is 11.3 Å². The van der Waals surface area contributed by atoms with Gasteiger partial charge in [0.1, 0.15) is 15.5 Å². The van der Waals surface area contributed by atoms with E-state index in [9.17, 15) is 23.1 Å². The molecule has 0 unspecified atom stereocenters. The lowest BCUT2D eigenvalue weighted by Crippen LogP contribution is -2.60. The lowest BCUT2D eigenvalue weighted by atomic mass is 9.82. The topological polar surface area (TPSA) is 121 Å². The smallest absolute Gasteiger partial charge is 0.348 e. The van der Waals surface area contributed by atoms with Crippen molar-refractivity contribution in [3.8, 4) is 21.7 Å². The second-order valence-corrected chi connectivity index (χ2v) is 13.8. The highest BCUT2D eigenvalue weighted by Gasteiger charge is 2.44. The second-order valence-electron chi connectivity index (χ2n) is 10.8. The number of pyridine rings is 1. The molecule has 1 aliphatic heterocycles. The third-order valence-electron chi connectivity index (χ3n) is 8.23. The minimum absolute atomic E-state index is 0.00386. The number of furan rings is 1. The number of aromatic carboxylic acids is 1. The Balaban J connectivity index is 1.35. The van der Waals surface area contributed by atoms with Crippen molar-refractivity contribution in [2.24, 2.45) is 5.92 Å².